The summed E-state index contributed by atoms with van der Waals surface area (Å²) in [6.07, 6.45) is 4.92. The Morgan fingerprint density at radius 3 is 2.82 bits per heavy atom. The maximum absolute atomic E-state index is 12.9. The highest BCUT2D eigenvalue weighted by atomic mass is 19.1. The molecule has 0 fully saturated rings. The van der Waals surface area contributed by atoms with Gasteiger partial charge in [0.05, 0.1) is 11.9 Å². The number of rotatable bonds is 1. The van der Waals surface area contributed by atoms with Crippen molar-refractivity contribution in [3.05, 3.63) is 47.5 Å². The summed E-state index contributed by atoms with van der Waals surface area (Å²) >= 11 is 0. The SMILES string of the molecule is NC1CCCc2c1cnn2-c1ccc(F)cc1. The Balaban J connectivity index is 2.07. The van der Waals surface area contributed by atoms with Gasteiger partial charge in [0.15, 0.2) is 0 Å². The highest BCUT2D eigenvalue weighted by molar-refractivity contribution is 5.37. The smallest absolute Gasteiger partial charge is 0.123 e. The predicted octanol–water partition coefficient (Wildman–Crippen LogP) is 2.35. The second-order valence-corrected chi connectivity index (χ2v) is 4.43. The zero-order chi connectivity index (χ0) is 11.8. The number of aromatic nitrogens is 2. The molecule has 0 amide bonds. The molecular weight excluding hydrogens is 217 g/mol. The second kappa shape index (κ2) is 3.96. The topological polar surface area (TPSA) is 43.8 Å². The monoisotopic (exact) mass is 231 g/mol. The molecular formula is C13H14FN3. The van der Waals surface area contributed by atoms with E-state index in [2.05, 4.69) is 5.10 Å². The number of benzene rings is 1. The van der Waals surface area contributed by atoms with Gasteiger partial charge in [0.2, 0.25) is 0 Å². The Hall–Kier alpha value is -1.68. The summed E-state index contributed by atoms with van der Waals surface area (Å²) in [4.78, 5) is 0. The number of nitrogens with zero attached hydrogens (tertiary/aromatic N) is 2. The van der Waals surface area contributed by atoms with E-state index in [4.69, 9.17) is 5.73 Å². The second-order valence-electron chi connectivity index (χ2n) is 4.43. The van der Waals surface area contributed by atoms with Crippen LogP contribution in [-0.4, -0.2) is 9.78 Å². The Morgan fingerprint density at radius 2 is 2.06 bits per heavy atom. The molecule has 2 aromatic rings. The maximum atomic E-state index is 12.9. The van der Waals surface area contributed by atoms with E-state index in [0.29, 0.717) is 0 Å². The summed E-state index contributed by atoms with van der Waals surface area (Å²) in [5.74, 6) is -0.230. The summed E-state index contributed by atoms with van der Waals surface area (Å²) in [6, 6.07) is 6.47. The Labute approximate surface area is 99.1 Å². The van der Waals surface area contributed by atoms with Crippen LogP contribution in [-0.2, 0) is 6.42 Å². The molecule has 1 atom stereocenters. The zero-order valence-corrected chi connectivity index (χ0v) is 9.44. The number of hydrogen-bond donors (Lipinski definition) is 1. The van der Waals surface area contributed by atoms with Crippen molar-refractivity contribution in [2.45, 2.75) is 25.3 Å². The van der Waals surface area contributed by atoms with Crippen LogP contribution >= 0.6 is 0 Å². The van der Waals surface area contributed by atoms with Gasteiger partial charge >= 0.3 is 0 Å². The summed E-state index contributed by atoms with van der Waals surface area (Å²) in [5.41, 5.74) is 9.23. The molecule has 0 saturated carbocycles. The Morgan fingerprint density at radius 1 is 1.29 bits per heavy atom. The lowest BCUT2D eigenvalue weighted by molar-refractivity contribution is 0.557. The first-order chi connectivity index (χ1) is 8.25. The third kappa shape index (κ3) is 1.74. The van der Waals surface area contributed by atoms with Gasteiger partial charge in [0.1, 0.15) is 5.82 Å². The molecule has 1 heterocycles. The van der Waals surface area contributed by atoms with Crippen molar-refractivity contribution in [2.75, 3.05) is 0 Å². The van der Waals surface area contributed by atoms with Crippen molar-refractivity contribution in [1.82, 2.24) is 9.78 Å². The Kier molecular flexibility index (Phi) is 2.44. The molecule has 3 rings (SSSR count). The lowest BCUT2D eigenvalue weighted by atomic mass is 9.94. The van der Waals surface area contributed by atoms with Crippen LogP contribution in [0, 0.1) is 5.82 Å². The van der Waals surface area contributed by atoms with E-state index in [1.54, 1.807) is 12.1 Å². The van der Waals surface area contributed by atoms with Crippen LogP contribution in [0.5, 0.6) is 0 Å². The van der Waals surface area contributed by atoms with Crippen molar-refractivity contribution in [2.24, 2.45) is 5.73 Å². The van der Waals surface area contributed by atoms with Gasteiger partial charge in [-0.2, -0.15) is 5.10 Å². The van der Waals surface area contributed by atoms with Gasteiger partial charge in [-0.3, -0.25) is 0 Å². The first-order valence-corrected chi connectivity index (χ1v) is 5.84. The summed E-state index contributed by atoms with van der Waals surface area (Å²) in [6.45, 7) is 0. The average molecular weight is 231 g/mol. The highest BCUT2D eigenvalue weighted by Gasteiger charge is 2.21. The minimum Gasteiger partial charge on any atom is -0.324 e. The van der Waals surface area contributed by atoms with Crippen molar-refractivity contribution < 1.29 is 4.39 Å². The molecule has 0 spiro atoms. The Bertz CT molecular complexity index is 530. The fourth-order valence-corrected chi connectivity index (χ4v) is 2.40. The van der Waals surface area contributed by atoms with E-state index in [0.717, 1.165) is 36.2 Å². The fourth-order valence-electron chi connectivity index (χ4n) is 2.40. The lowest BCUT2D eigenvalue weighted by Crippen LogP contribution is -2.17. The molecule has 1 aliphatic carbocycles. The first-order valence-electron chi connectivity index (χ1n) is 5.84. The quantitative estimate of drug-likeness (QED) is 0.818. The largest absolute Gasteiger partial charge is 0.324 e. The van der Waals surface area contributed by atoms with Crippen molar-refractivity contribution in [3.8, 4) is 5.69 Å². The van der Waals surface area contributed by atoms with Crippen molar-refractivity contribution in [1.29, 1.82) is 0 Å². The summed E-state index contributed by atoms with van der Waals surface area (Å²) in [7, 11) is 0. The summed E-state index contributed by atoms with van der Waals surface area (Å²) < 4.78 is 14.7. The van der Waals surface area contributed by atoms with Crippen LogP contribution < -0.4 is 5.73 Å². The van der Waals surface area contributed by atoms with Crippen LogP contribution in [0.25, 0.3) is 5.69 Å². The van der Waals surface area contributed by atoms with Crippen LogP contribution in [0.1, 0.15) is 30.1 Å². The molecule has 1 aliphatic rings. The molecule has 3 nitrogen and oxygen atoms in total. The molecule has 88 valence electrons. The molecule has 0 aliphatic heterocycles. The van der Waals surface area contributed by atoms with E-state index < -0.39 is 0 Å². The van der Waals surface area contributed by atoms with Gasteiger partial charge < -0.3 is 5.73 Å². The average Bonchev–Trinajstić information content (AvgIpc) is 2.75. The van der Waals surface area contributed by atoms with Gasteiger partial charge in [0.25, 0.3) is 0 Å². The number of hydrogen-bond acceptors (Lipinski definition) is 2. The van der Waals surface area contributed by atoms with Crippen LogP contribution in [0.15, 0.2) is 30.5 Å². The van der Waals surface area contributed by atoms with Crippen molar-refractivity contribution >= 4 is 0 Å². The minimum absolute atomic E-state index is 0.0907. The lowest BCUT2D eigenvalue weighted by Gasteiger charge is -2.19. The van der Waals surface area contributed by atoms with Crippen LogP contribution in [0.4, 0.5) is 4.39 Å². The minimum atomic E-state index is -0.230. The molecule has 1 aromatic heterocycles. The standard InChI is InChI=1S/C13H14FN3/c14-9-4-6-10(7-5-9)17-13-3-1-2-12(15)11(13)8-16-17/h4-8,12H,1-3,15H2. The van der Waals surface area contributed by atoms with Crippen LogP contribution in [0.3, 0.4) is 0 Å². The molecule has 1 aromatic carbocycles. The van der Waals surface area contributed by atoms with Gasteiger partial charge in [-0.1, -0.05) is 0 Å². The zero-order valence-electron chi connectivity index (χ0n) is 9.44. The molecule has 0 bridgehead atoms. The number of nitrogens with two attached hydrogens (primary N) is 1. The fraction of sp³-hybridized carbons (Fsp3) is 0.308. The molecule has 1 unspecified atom stereocenters. The van der Waals surface area contributed by atoms with E-state index in [-0.39, 0.29) is 11.9 Å². The van der Waals surface area contributed by atoms with Gasteiger partial charge in [-0.25, -0.2) is 9.07 Å². The third-order valence-electron chi connectivity index (χ3n) is 3.30. The molecule has 2 N–H and O–H groups in total. The maximum Gasteiger partial charge on any atom is 0.123 e. The molecule has 17 heavy (non-hydrogen) atoms. The number of fused-ring (bicyclic) bond motifs is 1. The number of halogens is 1. The van der Waals surface area contributed by atoms with Gasteiger partial charge in [-0.15, -0.1) is 0 Å². The molecule has 0 radical (unpaired) electrons. The van der Waals surface area contributed by atoms with E-state index in [1.807, 2.05) is 10.9 Å². The van der Waals surface area contributed by atoms with Crippen LogP contribution in [0.2, 0.25) is 0 Å². The molecule has 0 saturated heterocycles. The predicted molar refractivity (Wildman–Crippen MR) is 63.4 cm³/mol. The van der Waals surface area contributed by atoms with E-state index in [9.17, 15) is 4.39 Å². The third-order valence-corrected chi connectivity index (χ3v) is 3.30. The van der Waals surface area contributed by atoms with Gasteiger partial charge in [-0.05, 0) is 43.5 Å². The summed E-state index contributed by atoms with van der Waals surface area (Å²) in [5, 5.41) is 4.36. The first kappa shape index (κ1) is 10.5. The van der Waals surface area contributed by atoms with E-state index >= 15 is 0 Å². The van der Waals surface area contributed by atoms with E-state index in [1.165, 1.54) is 12.1 Å². The highest BCUT2D eigenvalue weighted by Crippen LogP contribution is 2.29. The van der Waals surface area contributed by atoms with Gasteiger partial charge in [0, 0.05) is 17.3 Å². The van der Waals surface area contributed by atoms with Crippen molar-refractivity contribution in [3.63, 3.8) is 0 Å². The molecule has 4 heteroatoms. The normalized spacial score (nSPS) is 19.1.